The number of amides is 4. The second kappa shape index (κ2) is 16.1. The number of ether oxygens (including phenoxy) is 1. The third kappa shape index (κ3) is 8.69. The molecule has 3 aliphatic heterocycles. The van der Waals surface area contributed by atoms with Crippen LogP contribution in [0.15, 0.2) is 36.5 Å². The number of halogens is 5. The molecule has 2 N–H and O–H groups in total. The molecule has 2 unspecified atom stereocenters. The van der Waals surface area contributed by atoms with Crippen LogP contribution in [0, 0.1) is 17.2 Å². The van der Waals surface area contributed by atoms with Crippen molar-refractivity contribution < 1.29 is 45.9 Å². The average Bonchev–Trinajstić information content (AvgIpc) is 3.31. The maximum atomic E-state index is 15.3. The molecule has 6 rings (SSSR count). The molecule has 12 nitrogen and oxygen atoms in total. The van der Waals surface area contributed by atoms with E-state index in [0.717, 1.165) is 11.1 Å². The number of carbonyl (C=O) groups is 4. The number of nitrogens with zero attached hydrogens (tertiary/aromatic N) is 5. The molecule has 18 heteroatoms. The molecule has 4 aliphatic rings. The van der Waals surface area contributed by atoms with Crippen LogP contribution in [0.5, 0.6) is 0 Å². The number of carbonyl (C=O) groups excluding carboxylic acids is 4. The van der Waals surface area contributed by atoms with Crippen LogP contribution < -0.4 is 15.5 Å². The molecule has 3 saturated heterocycles. The minimum atomic E-state index is -4.86. The third-order valence-corrected chi connectivity index (χ3v) is 11.5. The Kier molecular flexibility index (Phi) is 11.8. The molecule has 1 aromatic heterocycles. The summed E-state index contributed by atoms with van der Waals surface area (Å²) < 4.78 is 77.5. The Morgan fingerprint density at radius 1 is 1.09 bits per heavy atom. The molecule has 4 fully saturated rings. The summed E-state index contributed by atoms with van der Waals surface area (Å²) in [5.41, 5.74) is -2.25. The van der Waals surface area contributed by atoms with Crippen LogP contribution >= 0.6 is 12.2 Å². The fourth-order valence-electron chi connectivity index (χ4n) is 8.14. The average molecular weight is 804 g/mol. The fraction of sp³-hybridized carbons (Fsp3) is 0.553. The highest BCUT2D eigenvalue weighted by Crippen LogP contribution is 2.41. The summed E-state index contributed by atoms with van der Waals surface area (Å²) in [6.45, 7) is 2.95. The number of anilines is 2. The largest absolute Gasteiger partial charge is 0.419 e. The van der Waals surface area contributed by atoms with Gasteiger partial charge in [-0.1, -0.05) is 12.1 Å². The third-order valence-electron chi connectivity index (χ3n) is 11.1. The van der Waals surface area contributed by atoms with Crippen LogP contribution in [0.3, 0.4) is 0 Å². The zero-order valence-electron chi connectivity index (χ0n) is 30.8. The Morgan fingerprint density at radius 2 is 1.79 bits per heavy atom. The van der Waals surface area contributed by atoms with E-state index in [1.165, 1.54) is 11.0 Å². The smallest absolute Gasteiger partial charge is 0.378 e. The molecule has 0 radical (unpaired) electrons. The van der Waals surface area contributed by atoms with Gasteiger partial charge >= 0.3 is 6.18 Å². The van der Waals surface area contributed by atoms with E-state index in [9.17, 15) is 32.3 Å². The number of nitrogens with one attached hydrogen (secondary N) is 2. The van der Waals surface area contributed by atoms with Crippen LogP contribution in [0.25, 0.3) is 0 Å². The van der Waals surface area contributed by atoms with E-state index < -0.39 is 59.1 Å². The van der Waals surface area contributed by atoms with Crippen LogP contribution in [-0.2, 0) is 30.1 Å². The quantitative estimate of drug-likeness (QED) is 0.179. The molecule has 4 amide bonds. The zero-order valence-corrected chi connectivity index (χ0v) is 31.7. The minimum Gasteiger partial charge on any atom is -0.378 e. The van der Waals surface area contributed by atoms with Crippen molar-refractivity contribution in [3.05, 3.63) is 53.3 Å². The highest BCUT2D eigenvalue weighted by atomic mass is 32.1. The highest BCUT2D eigenvalue weighted by molar-refractivity contribution is 7.80. The molecule has 2 aromatic rings. The second-order valence-corrected chi connectivity index (χ2v) is 15.6. The van der Waals surface area contributed by atoms with E-state index in [1.54, 1.807) is 43.0 Å². The summed E-state index contributed by atoms with van der Waals surface area (Å²) in [5, 5.41) is 14.2. The monoisotopic (exact) mass is 803 g/mol. The molecular weight excluding hydrogens is 762 g/mol. The molecule has 56 heavy (non-hydrogen) atoms. The number of hydrogen-bond acceptors (Lipinski definition) is 9. The summed E-state index contributed by atoms with van der Waals surface area (Å²) in [6.07, 6.45) is -0.844. The van der Waals surface area contributed by atoms with Crippen molar-refractivity contribution in [1.82, 2.24) is 20.1 Å². The van der Waals surface area contributed by atoms with Crippen LogP contribution in [-0.4, -0.2) is 93.4 Å². The maximum Gasteiger partial charge on any atom is 0.419 e. The van der Waals surface area contributed by atoms with Gasteiger partial charge in [-0.05, 0) is 101 Å². The molecule has 1 aromatic carbocycles. The lowest BCUT2D eigenvalue weighted by molar-refractivity contribution is -0.138. The van der Waals surface area contributed by atoms with Gasteiger partial charge in [-0.2, -0.15) is 18.4 Å². The number of hydrogen-bond donors (Lipinski definition) is 2. The molecule has 1 saturated carbocycles. The van der Waals surface area contributed by atoms with Crippen molar-refractivity contribution in [3.63, 3.8) is 0 Å². The Balaban J connectivity index is 0.944. The first-order valence-corrected chi connectivity index (χ1v) is 18.9. The van der Waals surface area contributed by atoms with Crippen molar-refractivity contribution in [1.29, 1.82) is 5.26 Å². The molecule has 4 heterocycles. The zero-order chi connectivity index (χ0) is 40.6. The number of nitriles is 1. The van der Waals surface area contributed by atoms with Gasteiger partial charge < -0.3 is 15.0 Å². The second-order valence-electron chi connectivity index (χ2n) is 15.3. The van der Waals surface area contributed by atoms with Gasteiger partial charge in [-0.15, -0.1) is 0 Å². The number of rotatable bonds is 10. The lowest BCUT2D eigenvalue weighted by Crippen LogP contribution is -2.51. The van der Waals surface area contributed by atoms with E-state index in [-0.39, 0.29) is 67.2 Å². The van der Waals surface area contributed by atoms with Crippen LogP contribution in [0.2, 0.25) is 0 Å². The van der Waals surface area contributed by atoms with Gasteiger partial charge in [0, 0.05) is 30.7 Å². The topological polar surface area (TPSA) is 148 Å². The summed E-state index contributed by atoms with van der Waals surface area (Å²) in [7, 11) is 0. The molecule has 0 bridgehead atoms. The number of pyridine rings is 1. The van der Waals surface area contributed by atoms with Crippen molar-refractivity contribution in [2.24, 2.45) is 5.92 Å². The lowest BCUT2D eigenvalue weighted by atomic mass is 9.88. The molecule has 2 atom stereocenters. The van der Waals surface area contributed by atoms with E-state index in [0.29, 0.717) is 56.0 Å². The Bertz CT molecular complexity index is 1910. The van der Waals surface area contributed by atoms with E-state index >= 15 is 8.78 Å². The Labute approximate surface area is 325 Å². The van der Waals surface area contributed by atoms with Crippen molar-refractivity contribution >= 4 is 52.3 Å². The number of imide groups is 1. The van der Waals surface area contributed by atoms with Gasteiger partial charge in [0.25, 0.3) is 11.8 Å². The summed E-state index contributed by atoms with van der Waals surface area (Å²) in [5.74, 6) is -6.05. The summed E-state index contributed by atoms with van der Waals surface area (Å²) >= 11 is 5.64. The first kappa shape index (κ1) is 41.0. The standard InChI is InChI=1S/C38H42F5N7O5S/c1-36(2)34(54)49(26-17-29(38(41,42)43)30(18-44)45-19-26)35(56)50(36)25-7-9-27(10-8-25)55-16-14-23-13-15-48(21-37(23,39)40)20-32(52)46-24-5-3-22(4-6-24)28-11-12-31(51)47-33(28)53/h3-6,17,19,23,25,27-28H,7-16,20-21H2,1-2H3,(H,46,52)(H,47,51,53)/t23?,25-,27-,28?. The van der Waals surface area contributed by atoms with Crippen LogP contribution in [0.1, 0.15) is 88.0 Å². The van der Waals surface area contributed by atoms with Gasteiger partial charge in [0.1, 0.15) is 11.6 Å². The number of benzene rings is 1. The molecular formula is C38H42F5N7O5S. The Morgan fingerprint density at radius 3 is 2.41 bits per heavy atom. The van der Waals surface area contributed by atoms with Crippen molar-refractivity contribution in [3.8, 4) is 6.07 Å². The highest BCUT2D eigenvalue weighted by Gasteiger charge is 2.53. The van der Waals surface area contributed by atoms with Gasteiger partial charge in [-0.3, -0.25) is 34.3 Å². The normalized spacial score (nSPS) is 25.5. The molecule has 0 spiro atoms. The number of aromatic nitrogens is 1. The van der Waals surface area contributed by atoms with E-state index in [4.69, 9.17) is 22.2 Å². The molecule has 1 aliphatic carbocycles. The first-order valence-electron chi connectivity index (χ1n) is 18.5. The SMILES string of the molecule is CC1(C)C(=O)N(c2cnc(C#N)c(C(F)(F)F)c2)C(=S)N1[C@H]1CC[C@H](OCCC2CCN(CC(=O)Nc3ccc(C4CCC(=O)NC4=O)cc3)CC2(F)F)CC1. The number of alkyl halides is 5. The minimum absolute atomic E-state index is 0.0377. The van der Waals surface area contributed by atoms with Crippen molar-refractivity contribution in [2.75, 3.05) is 36.5 Å². The first-order chi connectivity index (χ1) is 26.4. The predicted molar refractivity (Wildman–Crippen MR) is 196 cm³/mol. The number of likely N-dealkylation sites (tertiary alicyclic amines) is 1. The van der Waals surface area contributed by atoms with Crippen molar-refractivity contribution in [2.45, 2.75) is 101 Å². The van der Waals surface area contributed by atoms with Gasteiger partial charge in [-0.25, -0.2) is 13.8 Å². The maximum absolute atomic E-state index is 15.3. The fourth-order valence-corrected chi connectivity index (χ4v) is 8.70. The van der Waals surface area contributed by atoms with Crippen LogP contribution in [0.4, 0.5) is 33.3 Å². The number of piperidine rings is 2. The lowest BCUT2D eigenvalue weighted by Gasteiger charge is -2.41. The van der Waals surface area contributed by atoms with Gasteiger partial charge in [0.15, 0.2) is 10.8 Å². The Hall–Kier alpha value is -4.60. The van der Waals surface area contributed by atoms with Gasteiger partial charge in [0.2, 0.25) is 17.7 Å². The predicted octanol–water partition coefficient (Wildman–Crippen LogP) is 5.52. The van der Waals surface area contributed by atoms with Gasteiger partial charge in [0.05, 0.1) is 42.6 Å². The summed E-state index contributed by atoms with van der Waals surface area (Å²) in [6, 6.07) is 8.58. The number of thiocarbonyl (C=S) groups is 1. The molecule has 300 valence electrons. The van der Waals surface area contributed by atoms with E-state index in [1.807, 2.05) is 0 Å². The summed E-state index contributed by atoms with van der Waals surface area (Å²) in [4.78, 5) is 57.7. The van der Waals surface area contributed by atoms with E-state index in [2.05, 4.69) is 15.6 Å².